The van der Waals surface area contributed by atoms with Gasteiger partial charge >= 0.3 is 6.18 Å². The normalized spacial score (nSPS) is 16.3. The summed E-state index contributed by atoms with van der Waals surface area (Å²) in [7, 11) is 0. The van der Waals surface area contributed by atoms with E-state index in [1.807, 2.05) is 0 Å². The summed E-state index contributed by atoms with van der Waals surface area (Å²) in [6, 6.07) is 10.3. The maximum atomic E-state index is 12.3. The molecule has 10 heteroatoms. The quantitative estimate of drug-likeness (QED) is 0.764. The Morgan fingerprint density at radius 1 is 1.10 bits per heavy atom. The van der Waals surface area contributed by atoms with E-state index in [0.29, 0.717) is 24.4 Å². The molecule has 1 aliphatic rings. The third kappa shape index (κ3) is 6.18. The molecule has 0 bridgehead atoms. The number of carbonyl (C=O) groups excluding carboxylic acids is 2. The summed E-state index contributed by atoms with van der Waals surface area (Å²) in [6.07, 6.45) is -3.42. The standard InChI is InChI=1S/C19H18F3N3O4/c20-19(21,22)11-29-16-5-1-3-14(25-16)17(26)23-12-6-8-13(9-7-12)24-18(27)15-4-2-10-28-15/h1,3,5-9,15H,2,4,10-11H2,(H,23,26)(H,24,27). The highest BCUT2D eigenvalue weighted by atomic mass is 19.4. The van der Waals surface area contributed by atoms with Gasteiger partial charge in [0.1, 0.15) is 11.8 Å². The number of anilines is 2. The van der Waals surface area contributed by atoms with Crippen LogP contribution in [0.5, 0.6) is 5.88 Å². The van der Waals surface area contributed by atoms with Gasteiger partial charge in [0.2, 0.25) is 5.88 Å². The van der Waals surface area contributed by atoms with Crippen molar-refractivity contribution in [3.05, 3.63) is 48.2 Å². The molecule has 7 nitrogen and oxygen atoms in total. The molecular weight excluding hydrogens is 391 g/mol. The smallest absolute Gasteiger partial charge is 0.422 e. The molecule has 1 aromatic heterocycles. The minimum Gasteiger partial charge on any atom is -0.468 e. The Labute approximate surface area is 164 Å². The van der Waals surface area contributed by atoms with Crippen LogP contribution in [0, 0.1) is 0 Å². The maximum absolute atomic E-state index is 12.3. The van der Waals surface area contributed by atoms with Gasteiger partial charge < -0.3 is 20.1 Å². The lowest BCUT2D eigenvalue weighted by atomic mass is 10.2. The molecule has 1 saturated heterocycles. The molecule has 2 aromatic rings. The number of hydrogen-bond acceptors (Lipinski definition) is 5. The zero-order valence-electron chi connectivity index (χ0n) is 15.2. The average molecular weight is 409 g/mol. The van der Waals surface area contributed by atoms with Crippen molar-refractivity contribution in [2.45, 2.75) is 25.1 Å². The number of pyridine rings is 1. The summed E-state index contributed by atoms with van der Waals surface area (Å²) in [4.78, 5) is 28.0. The average Bonchev–Trinajstić information content (AvgIpc) is 3.23. The molecule has 1 aliphatic heterocycles. The molecular formula is C19H18F3N3O4. The first-order chi connectivity index (χ1) is 13.8. The number of alkyl halides is 3. The van der Waals surface area contributed by atoms with Gasteiger partial charge in [-0.1, -0.05) is 6.07 Å². The van der Waals surface area contributed by atoms with Crippen molar-refractivity contribution in [2.24, 2.45) is 0 Å². The van der Waals surface area contributed by atoms with Gasteiger partial charge in [0.05, 0.1) is 0 Å². The lowest BCUT2D eigenvalue weighted by molar-refractivity contribution is -0.154. The van der Waals surface area contributed by atoms with Crippen LogP contribution >= 0.6 is 0 Å². The van der Waals surface area contributed by atoms with E-state index in [4.69, 9.17) is 4.74 Å². The van der Waals surface area contributed by atoms with E-state index in [9.17, 15) is 22.8 Å². The van der Waals surface area contributed by atoms with E-state index in [1.165, 1.54) is 18.2 Å². The number of rotatable bonds is 6. The lowest BCUT2D eigenvalue weighted by Gasteiger charge is -2.11. The highest BCUT2D eigenvalue weighted by molar-refractivity contribution is 6.03. The van der Waals surface area contributed by atoms with Crippen molar-refractivity contribution < 1.29 is 32.2 Å². The fourth-order valence-electron chi connectivity index (χ4n) is 2.62. The van der Waals surface area contributed by atoms with Gasteiger partial charge in [0, 0.05) is 24.0 Å². The van der Waals surface area contributed by atoms with Crippen LogP contribution < -0.4 is 15.4 Å². The van der Waals surface area contributed by atoms with Crippen LogP contribution in [0.1, 0.15) is 23.3 Å². The number of halogens is 3. The molecule has 0 aliphatic carbocycles. The summed E-state index contributed by atoms with van der Waals surface area (Å²) in [5, 5.41) is 5.31. The van der Waals surface area contributed by atoms with E-state index >= 15 is 0 Å². The molecule has 1 atom stereocenters. The Bertz CT molecular complexity index is 866. The molecule has 0 saturated carbocycles. The molecule has 2 N–H and O–H groups in total. The molecule has 3 rings (SSSR count). The highest BCUT2D eigenvalue weighted by Gasteiger charge is 2.28. The molecule has 154 valence electrons. The van der Waals surface area contributed by atoms with Crippen LogP contribution in [-0.4, -0.2) is 42.3 Å². The number of nitrogens with one attached hydrogen (secondary N) is 2. The summed E-state index contributed by atoms with van der Waals surface area (Å²) in [6.45, 7) is -0.927. The Morgan fingerprint density at radius 3 is 2.41 bits per heavy atom. The van der Waals surface area contributed by atoms with Gasteiger partial charge in [-0.25, -0.2) is 4.98 Å². The summed E-state index contributed by atoms with van der Waals surface area (Å²) in [5.74, 6) is -1.14. The predicted octanol–water partition coefficient (Wildman–Crippen LogP) is 3.39. The Morgan fingerprint density at radius 2 is 1.79 bits per heavy atom. The molecule has 2 amide bonds. The summed E-state index contributed by atoms with van der Waals surface area (Å²) >= 11 is 0. The van der Waals surface area contributed by atoms with Crippen LogP contribution in [0.3, 0.4) is 0 Å². The molecule has 1 fully saturated rings. The molecule has 1 unspecified atom stereocenters. The minimum atomic E-state index is -4.50. The highest BCUT2D eigenvalue weighted by Crippen LogP contribution is 2.19. The number of amides is 2. The minimum absolute atomic E-state index is 0.0968. The second-order valence-electron chi connectivity index (χ2n) is 6.29. The van der Waals surface area contributed by atoms with Crippen molar-refractivity contribution >= 4 is 23.2 Å². The van der Waals surface area contributed by atoms with E-state index < -0.39 is 24.8 Å². The van der Waals surface area contributed by atoms with Gasteiger partial charge in [-0.2, -0.15) is 13.2 Å². The van der Waals surface area contributed by atoms with E-state index in [0.717, 1.165) is 6.42 Å². The lowest BCUT2D eigenvalue weighted by Crippen LogP contribution is -2.26. The van der Waals surface area contributed by atoms with Gasteiger partial charge in [0.25, 0.3) is 11.8 Å². The number of aromatic nitrogens is 1. The van der Waals surface area contributed by atoms with Crippen molar-refractivity contribution in [1.82, 2.24) is 4.98 Å². The van der Waals surface area contributed by atoms with Crippen molar-refractivity contribution in [2.75, 3.05) is 23.8 Å². The zero-order valence-corrected chi connectivity index (χ0v) is 15.2. The van der Waals surface area contributed by atoms with Crippen LogP contribution in [0.15, 0.2) is 42.5 Å². The largest absolute Gasteiger partial charge is 0.468 e. The summed E-state index contributed by atoms with van der Waals surface area (Å²) in [5.41, 5.74) is 0.873. The van der Waals surface area contributed by atoms with Gasteiger partial charge in [-0.3, -0.25) is 9.59 Å². The predicted molar refractivity (Wildman–Crippen MR) is 97.8 cm³/mol. The second-order valence-corrected chi connectivity index (χ2v) is 6.29. The second kappa shape index (κ2) is 8.91. The molecule has 2 heterocycles. The Hall–Kier alpha value is -3.14. The van der Waals surface area contributed by atoms with Gasteiger partial charge in [-0.15, -0.1) is 0 Å². The van der Waals surface area contributed by atoms with Crippen molar-refractivity contribution in [1.29, 1.82) is 0 Å². The van der Waals surface area contributed by atoms with E-state index in [2.05, 4.69) is 20.4 Å². The van der Waals surface area contributed by atoms with Crippen LogP contribution in [-0.2, 0) is 9.53 Å². The van der Waals surface area contributed by atoms with E-state index in [1.54, 1.807) is 24.3 Å². The number of carbonyl (C=O) groups is 2. The van der Waals surface area contributed by atoms with Crippen LogP contribution in [0.4, 0.5) is 24.5 Å². The topological polar surface area (TPSA) is 89.6 Å². The monoisotopic (exact) mass is 409 g/mol. The number of ether oxygens (including phenoxy) is 2. The van der Waals surface area contributed by atoms with Crippen molar-refractivity contribution in [3.8, 4) is 5.88 Å². The molecule has 1 aromatic carbocycles. The fraction of sp³-hybridized carbons (Fsp3) is 0.316. The van der Waals surface area contributed by atoms with Crippen LogP contribution in [0.2, 0.25) is 0 Å². The fourth-order valence-corrected chi connectivity index (χ4v) is 2.62. The van der Waals surface area contributed by atoms with Gasteiger partial charge in [0.15, 0.2) is 6.61 Å². The molecule has 0 spiro atoms. The Balaban J connectivity index is 1.57. The SMILES string of the molecule is O=C(Nc1ccc(NC(=O)C2CCCO2)cc1)c1cccc(OCC(F)(F)F)n1. The first-order valence-electron chi connectivity index (χ1n) is 8.81. The van der Waals surface area contributed by atoms with E-state index in [-0.39, 0.29) is 17.5 Å². The maximum Gasteiger partial charge on any atom is 0.422 e. The first-order valence-corrected chi connectivity index (χ1v) is 8.81. The number of hydrogen-bond donors (Lipinski definition) is 2. The van der Waals surface area contributed by atoms with Crippen molar-refractivity contribution in [3.63, 3.8) is 0 Å². The molecule has 29 heavy (non-hydrogen) atoms. The summed E-state index contributed by atoms with van der Waals surface area (Å²) < 4.78 is 46.5. The third-order valence-electron chi connectivity index (χ3n) is 3.97. The third-order valence-corrected chi connectivity index (χ3v) is 3.97. The Kier molecular flexibility index (Phi) is 6.32. The zero-order chi connectivity index (χ0) is 20.9. The van der Waals surface area contributed by atoms with Gasteiger partial charge in [-0.05, 0) is 43.2 Å². The molecule has 0 radical (unpaired) electrons. The van der Waals surface area contributed by atoms with Crippen LogP contribution in [0.25, 0.3) is 0 Å². The first kappa shape index (κ1) is 20.6. The number of benzene rings is 1. The number of nitrogens with zero attached hydrogens (tertiary/aromatic N) is 1.